The van der Waals surface area contributed by atoms with Gasteiger partial charge in [-0.3, -0.25) is 4.79 Å². The molecule has 0 unspecified atom stereocenters. The lowest BCUT2D eigenvalue weighted by Gasteiger charge is -2.20. The Hall–Kier alpha value is -1.69. The summed E-state index contributed by atoms with van der Waals surface area (Å²) in [5.41, 5.74) is -0.0441. The molecule has 0 spiro atoms. The van der Waals surface area contributed by atoms with Gasteiger partial charge in [0.05, 0.1) is 0 Å². The number of amides is 1. The summed E-state index contributed by atoms with van der Waals surface area (Å²) in [7, 11) is 0. The van der Waals surface area contributed by atoms with E-state index in [1.807, 2.05) is 34.6 Å². The third-order valence-corrected chi connectivity index (χ3v) is 3.49. The van der Waals surface area contributed by atoms with E-state index in [0.29, 0.717) is 12.2 Å². The summed E-state index contributed by atoms with van der Waals surface area (Å²) < 4.78 is 0. The highest BCUT2D eigenvalue weighted by Crippen LogP contribution is 2.18. The predicted octanol–water partition coefficient (Wildman–Crippen LogP) is 1.06. The van der Waals surface area contributed by atoms with Crippen molar-refractivity contribution in [3.05, 3.63) is 27.9 Å². The molecule has 1 amide bonds. The van der Waals surface area contributed by atoms with Crippen molar-refractivity contribution >= 4 is 5.91 Å². The van der Waals surface area contributed by atoms with Crippen molar-refractivity contribution in [1.82, 2.24) is 15.3 Å². The van der Waals surface area contributed by atoms with Crippen LogP contribution in [0.25, 0.3) is 0 Å². The molecule has 1 atom stereocenters. The number of H-pyrrole nitrogens is 1. The van der Waals surface area contributed by atoms with Crippen molar-refractivity contribution in [2.45, 2.75) is 40.0 Å². The summed E-state index contributed by atoms with van der Waals surface area (Å²) in [4.78, 5) is 30.0. The molecule has 0 aliphatic rings. The van der Waals surface area contributed by atoms with Crippen molar-refractivity contribution in [2.75, 3.05) is 13.2 Å². The van der Waals surface area contributed by atoms with Crippen molar-refractivity contribution in [2.24, 2.45) is 11.8 Å². The maximum atomic E-state index is 12.1. The van der Waals surface area contributed by atoms with Crippen LogP contribution in [0.5, 0.6) is 0 Å². The normalized spacial score (nSPS) is 13.3. The van der Waals surface area contributed by atoms with E-state index in [9.17, 15) is 14.7 Å². The Morgan fingerprint density at radius 2 is 2.05 bits per heavy atom. The quantitative estimate of drug-likeness (QED) is 0.757. The zero-order valence-electron chi connectivity index (χ0n) is 13.4. The van der Waals surface area contributed by atoms with E-state index in [0.717, 1.165) is 0 Å². The fourth-order valence-corrected chi connectivity index (χ4v) is 1.80. The third kappa shape index (κ3) is 4.97. The van der Waals surface area contributed by atoms with Crippen LogP contribution in [-0.2, 0) is 5.41 Å². The minimum Gasteiger partial charge on any atom is -0.396 e. The number of hydrogen-bond donors (Lipinski definition) is 3. The van der Waals surface area contributed by atoms with Crippen LogP contribution in [-0.4, -0.2) is 34.1 Å². The van der Waals surface area contributed by atoms with Gasteiger partial charge in [-0.2, -0.15) is 4.98 Å². The number of carbonyl (C=O) groups is 1. The second-order valence-corrected chi connectivity index (χ2v) is 6.63. The molecular formula is C15H25N3O3. The van der Waals surface area contributed by atoms with E-state index in [1.54, 1.807) is 6.07 Å². The average Bonchev–Trinajstić information content (AvgIpc) is 2.37. The van der Waals surface area contributed by atoms with Crippen LogP contribution in [0.3, 0.4) is 0 Å². The maximum Gasteiger partial charge on any atom is 0.345 e. The van der Waals surface area contributed by atoms with E-state index in [4.69, 9.17) is 0 Å². The summed E-state index contributed by atoms with van der Waals surface area (Å²) >= 11 is 0. The highest BCUT2D eigenvalue weighted by Gasteiger charge is 2.19. The number of nitrogens with one attached hydrogen (secondary N) is 2. The van der Waals surface area contributed by atoms with Gasteiger partial charge in [0, 0.05) is 30.2 Å². The zero-order valence-corrected chi connectivity index (χ0v) is 13.4. The van der Waals surface area contributed by atoms with E-state index in [-0.39, 0.29) is 29.6 Å². The van der Waals surface area contributed by atoms with Crippen LogP contribution >= 0.6 is 0 Å². The molecular weight excluding hydrogens is 270 g/mol. The molecule has 1 aromatic rings. The fraction of sp³-hybridized carbons (Fsp3) is 0.667. The van der Waals surface area contributed by atoms with Crippen molar-refractivity contribution < 1.29 is 9.90 Å². The average molecular weight is 295 g/mol. The first-order chi connectivity index (χ1) is 9.65. The molecule has 0 saturated carbocycles. The standard InChI is InChI=1S/C15H25N3O3/c1-9(2)10(8-19)7-16-13(20)11-6-12(15(3,4)5)18-14(21)17-11/h6,9-10,19H,7-8H2,1-5H3,(H,16,20)(H,17,18,21)/t10-/m0/s1. The second kappa shape index (κ2) is 6.85. The largest absolute Gasteiger partial charge is 0.396 e. The van der Waals surface area contributed by atoms with Gasteiger partial charge in [-0.05, 0) is 12.0 Å². The molecule has 0 radical (unpaired) electrons. The third-order valence-electron chi connectivity index (χ3n) is 3.49. The molecule has 21 heavy (non-hydrogen) atoms. The topological polar surface area (TPSA) is 95.1 Å². The molecule has 0 fully saturated rings. The molecule has 1 rings (SSSR count). The van der Waals surface area contributed by atoms with Gasteiger partial charge in [0.1, 0.15) is 5.69 Å². The Labute approximate surface area is 125 Å². The van der Waals surface area contributed by atoms with E-state index < -0.39 is 11.6 Å². The highest BCUT2D eigenvalue weighted by atomic mass is 16.3. The Morgan fingerprint density at radius 3 is 2.52 bits per heavy atom. The van der Waals surface area contributed by atoms with Gasteiger partial charge in [-0.25, -0.2) is 4.79 Å². The number of aliphatic hydroxyl groups excluding tert-OH is 1. The number of nitrogens with zero attached hydrogens (tertiary/aromatic N) is 1. The molecule has 0 saturated heterocycles. The monoisotopic (exact) mass is 295 g/mol. The first kappa shape index (κ1) is 17.4. The Bertz CT molecular complexity index is 544. The first-order valence-electron chi connectivity index (χ1n) is 7.16. The number of aromatic nitrogens is 2. The van der Waals surface area contributed by atoms with E-state index >= 15 is 0 Å². The second-order valence-electron chi connectivity index (χ2n) is 6.63. The van der Waals surface area contributed by atoms with E-state index in [1.165, 1.54) is 0 Å². The molecule has 0 aliphatic heterocycles. The molecule has 118 valence electrons. The van der Waals surface area contributed by atoms with Crippen molar-refractivity contribution in [3.8, 4) is 0 Å². The van der Waals surface area contributed by atoms with E-state index in [2.05, 4.69) is 15.3 Å². The molecule has 1 heterocycles. The predicted molar refractivity (Wildman–Crippen MR) is 81.3 cm³/mol. The van der Waals surface area contributed by atoms with Crippen LogP contribution in [0.4, 0.5) is 0 Å². The van der Waals surface area contributed by atoms with Crippen molar-refractivity contribution in [1.29, 1.82) is 0 Å². The summed E-state index contributed by atoms with van der Waals surface area (Å²) in [6.07, 6.45) is 0. The van der Waals surface area contributed by atoms with Crippen LogP contribution < -0.4 is 11.0 Å². The number of aromatic amines is 1. The maximum absolute atomic E-state index is 12.1. The highest BCUT2D eigenvalue weighted by molar-refractivity contribution is 5.92. The number of hydrogen-bond acceptors (Lipinski definition) is 4. The Kier molecular flexibility index (Phi) is 5.66. The summed E-state index contributed by atoms with van der Waals surface area (Å²) in [5, 5.41) is 12.0. The van der Waals surface area contributed by atoms with Crippen LogP contribution in [0, 0.1) is 11.8 Å². The molecule has 3 N–H and O–H groups in total. The van der Waals surface area contributed by atoms with Gasteiger partial charge < -0.3 is 15.4 Å². The lowest BCUT2D eigenvalue weighted by Crippen LogP contribution is -2.35. The number of aliphatic hydroxyl groups is 1. The van der Waals surface area contributed by atoms with Crippen molar-refractivity contribution in [3.63, 3.8) is 0 Å². The Balaban J connectivity index is 2.88. The first-order valence-corrected chi connectivity index (χ1v) is 7.16. The number of rotatable bonds is 5. The smallest absolute Gasteiger partial charge is 0.345 e. The summed E-state index contributed by atoms with van der Waals surface area (Å²) in [6.45, 7) is 10.2. The lowest BCUT2D eigenvalue weighted by atomic mass is 9.91. The SMILES string of the molecule is CC(C)[C@H](CO)CNC(=O)c1cc(C(C)(C)C)[nH]c(=O)n1. The molecule has 0 aliphatic carbocycles. The van der Waals surface area contributed by atoms with Gasteiger partial charge in [0.15, 0.2) is 0 Å². The van der Waals surface area contributed by atoms with Crippen LogP contribution in [0.1, 0.15) is 50.8 Å². The molecule has 0 aromatic carbocycles. The summed E-state index contributed by atoms with van der Waals surface area (Å²) in [5.74, 6) is -0.156. The molecule has 0 bridgehead atoms. The van der Waals surface area contributed by atoms with Gasteiger partial charge in [-0.1, -0.05) is 34.6 Å². The fourth-order valence-electron chi connectivity index (χ4n) is 1.80. The molecule has 6 heteroatoms. The Morgan fingerprint density at radius 1 is 1.43 bits per heavy atom. The summed E-state index contributed by atoms with van der Waals surface area (Å²) in [6, 6.07) is 1.60. The molecule has 1 aromatic heterocycles. The van der Waals surface area contributed by atoms with Gasteiger partial charge in [0.2, 0.25) is 0 Å². The van der Waals surface area contributed by atoms with Gasteiger partial charge in [-0.15, -0.1) is 0 Å². The minimum atomic E-state index is -0.532. The molecule has 6 nitrogen and oxygen atoms in total. The lowest BCUT2D eigenvalue weighted by molar-refractivity contribution is 0.0925. The zero-order chi connectivity index (χ0) is 16.2. The van der Waals surface area contributed by atoms with Crippen LogP contribution in [0.2, 0.25) is 0 Å². The van der Waals surface area contributed by atoms with Crippen LogP contribution in [0.15, 0.2) is 10.9 Å². The minimum absolute atomic E-state index is 0.00793. The number of carbonyl (C=O) groups excluding carboxylic acids is 1. The van der Waals surface area contributed by atoms with Gasteiger partial charge in [0.25, 0.3) is 5.91 Å². The van der Waals surface area contributed by atoms with Gasteiger partial charge >= 0.3 is 5.69 Å².